The van der Waals surface area contributed by atoms with Gasteiger partial charge in [-0.15, -0.1) is 11.3 Å². The molecular formula is C24H25ClN4O3S. The van der Waals surface area contributed by atoms with E-state index < -0.39 is 6.10 Å². The molecule has 2 amide bonds. The van der Waals surface area contributed by atoms with Crippen LogP contribution in [0.25, 0.3) is 21.3 Å². The number of hydrogen-bond acceptors (Lipinski definition) is 6. The van der Waals surface area contributed by atoms with Gasteiger partial charge in [-0.1, -0.05) is 11.6 Å². The fraction of sp³-hybridized carbons (Fsp3) is 0.375. The molecule has 1 fully saturated rings. The van der Waals surface area contributed by atoms with Crippen LogP contribution in [0.4, 0.5) is 0 Å². The number of hydrogen-bond donors (Lipinski definition) is 2. The molecule has 0 radical (unpaired) electrons. The molecule has 0 spiro atoms. The van der Waals surface area contributed by atoms with Gasteiger partial charge in [-0.05, 0) is 30.7 Å². The number of aryl methyl sites for hydroxylation is 1. The van der Waals surface area contributed by atoms with Crippen molar-refractivity contribution in [3.05, 3.63) is 45.9 Å². The molecule has 1 atom stereocenters. The summed E-state index contributed by atoms with van der Waals surface area (Å²) in [4.78, 5) is 32.2. The number of rotatable bonds is 5. The van der Waals surface area contributed by atoms with Gasteiger partial charge in [0.15, 0.2) is 6.10 Å². The number of amides is 2. The lowest BCUT2D eigenvalue weighted by molar-refractivity contribution is -0.138. The second-order valence-corrected chi connectivity index (χ2v) is 9.86. The molecule has 1 saturated heterocycles. The monoisotopic (exact) mass is 484 g/mol. The Bertz CT molecular complexity index is 1220. The Morgan fingerprint density at radius 1 is 1.27 bits per heavy atom. The molecule has 2 aliphatic heterocycles. The molecule has 9 heteroatoms. The van der Waals surface area contributed by atoms with E-state index in [0.29, 0.717) is 37.4 Å². The summed E-state index contributed by atoms with van der Waals surface area (Å²) in [7, 11) is 1.65. The lowest BCUT2D eigenvalue weighted by Gasteiger charge is -2.29. The van der Waals surface area contributed by atoms with Gasteiger partial charge in [0.2, 0.25) is 5.91 Å². The molecule has 1 aromatic carbocycles. The molecule has 2 aromatic heterocycles. The van der Waals surface area contributed by atoms with Crippen molar-refractivity contribution in [2.24, 2.45) is 0 Å². The quantitative estimate of drug-likeness (QED) is 0.581. The minimum atomic E-state index is -0.529. The number of nitrogens with one attached hydrogen (secondary N) is 2. The molecule has 0 aliphatic carbocycles. The molecule has 0 unspecified atom stereocenters. The van der Waals surface area contributed by atoms with Crippen molar-refractivity contribution in [2.45, 2.75) is 25.4 Å². The van der Waals surface area contributed by atoms with E-state index >= 15 is 0 Å². The smallest absolute Gasteiger partial charge is 0.264 e. The van der Waals surface area contributed by atoms with Crippen LogP contribution in [0.15, 0.2) is 30.5 Å². The zero-order chi connectivity index (χ0) is 22.9. The molecule has 0 bridgehead atoms. The van der Waals surface area contributed by atoms with E-state index in [-0.39, 0.29) is 11.8 Å². The second kappa shape index (κ2) is 9.29. The number of fused-ring (bicyclic) bond motifs is 2. The van der Waals surface area contributed by atoms with Crippen molar-refractivity contribution in [1.29, 1.82) is 0 Å². The third-order valence-corrected chi connectivity index (χ3v) is 7.57. The summed E-state index contributed by atoms with van der Waals surface area (Å²) in [5, 5.41) is 6.55. The number of thiophene rings is 1. The Balaban J connectivity index is 1.47. The Hall–Kier alpha value is -2.68. The van der Waals surface area contributed by atoms with Gasteiger partial charge >= 0.3 is 0 Å². The molecule has 4 heterocycles. The summed E-state index contributed by atoms with van der Waals surface area (Å²) in [6.45, 7) is 3.00. The first-order chi connectivity index (χ1) is 16.0. The number of carbonyl (C=O) groups excluding carboxylic acids is 2. The van der Waals surface area contributed by atoms with Crippen molar-refractivity contribution in [2.75, 3.05) is 33.2 Å². The normalized spacial score (nSPS) is 17.6. The Morgan fingerprint density at radius 2 is 2.09 bits per heavy atom. The first-order valence-corrected chi connectivity index (χ1v) is 12.3. The topological polar surface area (TPSA) is 83.6 Å². The van der Waals surface area contributed by atoms with Gasteiger partial charge < -0.3 is 20.3 Å². The SMILES string of the molecule is CNC(=O)CCc1cc2nccc(-c3cc(Cl)cc4c3O[C@@H](C(=O)N3CCNCC3)C4)c2s1. The van der Waals surface area contributed by atoms with Gasteiger partial charge in [-0.2, -0.15) is 0 Å². The lowest BCUT2D eigenvalue weighted by atomic mass is 10.0. The maximum Gasteiger partial charge on any atom is 0.264 e. The summed E-state index contributed by atoms with van der Waals surface area (Å²) >= 11 is 8.12. The van der Waals surface area contributed by atoms with Gasteiger partial charge in [0.05, 0.1) is 10.2 Å². The van der Waals surface area contributed by atoms with Crippen LogP contribution in [-0.2, 0) is 22.4 Å². The van der Waals surface area contributed by atoms with Crippen molar-refractivity contribution in [1.82, 2.24) is 20.5 Å². The van der Waals surface area contributed by atoms with Crippen LogP contribution in [-0.4, -0.2) is 61.0 Å². The molecule has 33 heavy (non-hydrogen) atoms. The van der Waals surface area contributed by atoms with Crippen molar-refractivity contribution >= 4 is 45.0 Å². The molecule has 5 rings (SSSR count). The summed E-state index contributed by atoms with van der Waals surface area (Å²) in [6, 6.07) is 7.79. The highest BCUT2D eigenvalue weighted by molar-refractivity contribution is 7.19. The fourth-order valence-corrected chi connectivity index (χ4v) is 5.82. The number of carbonyl (C=O) groups is 2. The zero-order valence-electron chi connectivity index (χ0n) is 18.3. The maximum absolute atomic E-state index is 13.1. The van der Waals surface area contributed by atoms with Crippen molar-refractivity contribution in [3.63, 3.8) is 0 Å². The Labute approximate surface area is 201 Å². The van der Waals surface area contributed by atoms with Crippen LogP contribution in [0.1, 0.15) is 16.9 Å². The number of benzene rings is 1. The van der Waals surface area contributed by atoms with Crippen LogP contribution in [0.2, 0.25) is 5.02 Å². The third kappa shape index (κ3) is 4.43. The minimum absolute atomic E-state index is 0.0156. The second-order valence-electron chi connectivity index (χ2n) is 8.29. The molecule has 2 N–H and O–H groups in total. The summed E-state index contributed by atoms with van der Waals surface area (Å²) in [6.07, 6.45) is 2.86. The Morgan fingerprint density at radius 3 is 2.88 bits per heavy atom. The summed E-state index contributed by atoms with van der Waals surface area (Å²) in [5.74, 6) is 0.768. The average molecular weight is 485 g/mol. The standard InChI is InChI=1S/C24H25ClN4O3S/c1-26-21(30)3-2-16-13-19-23(33-16)17(4-5-28-19)18-12-15(25)10-14-11-20(32-22(14)18)24(31)29-8-6-27-7-9-29/h4-5,10,12-13,20,27H,2-3,6-9,11H2,1H3,(H,26,30)/t20-/m1/s1. The number of ether oxygens (including phenoxy) is 1. The predicted octanol–water partition coefficient (Wildman–Crippen LogP) is 3.03. The summed E-state index contributed by atoms with van der Waals surface area (Å²) in [5.41, 5.74) is 3.68. The van der Waals surface area contributed by atoms with Crippen molar-refractivity contribution < 1.29 is 14.3 Å². The molecular weight excluding hydrogens is 460 g/mol. The maximum atomic E-state index is 13.1. The highest BCUT2D eigenvalue weighted by atomic mass is 35.5. The molecule has 0 saturated carbocycles. The first-order valence-electron chi connectivity index (χ1n) is 11.1. The number of halogens is 1. The van der Waals surface area contributed by atoms with Crippen LogP contribution in [0.5, 0.6) is 5.75 Å². The van der Waals surface area contributed by atoms with Crippen LogP contribution < -0.4 is 15.4 Å². The van der Waals surface area contributed by atoms with Crippen LogP contribution in [0, 0.1) is 0 Å². The molecule has 2 aliphatic rings. The number of aromatic nitrogens is 1. The van der Waals surface area contributed by atoms with E-state index in [1.165, 1.54) is 0 Å². The van der Waals surface area contributed by atoms with Gasteiger partial charge in [0.25, 0.3) is 5.91 Å². The number of nitrogens with zero attached hydrogens (tertiary/aromatic N) is 2. The molecule has 172 valence electrons. The highest BCUT2D eigenvalue weighted by Crippen LogP contribution is 2.44. The first kappa shape index (κ1) is 22.1. The van der Waals surface area contributed by atoms with E-state index in [0.717, 1.165) is 50.6 Å². The number of pyridine rings is 1. The van der Waals surface area contributed by atoms with E-state index in [4.69, 9.17) is 16.3 Å². The highest BCUT2D eigenvalue weighted by Gasteiger charge is 2.35. The number of piperazine rings is 1. The van der Waals surface area contributed by atoms with Gasteiger partial charge in [-0.25, -0.2) is 0 Å². The van der Waals surface area contributed by atoms with E-state index in [9.17, 15) is 9.59 Å². The molecule has 7 nitrogen and oxygen atoms in total. The lowest BCUT2D eigenvalue weighted by Crippen LogP contribution is -2.50. The minimum Gasteiger partial charge on any atom is -0.479 e. The summed E-state index contributed by atoms with van der Waals surface area (Å²) < 4.78 is 7.30. The predicted molar refractivity (Wildman–Crippen MR) is 130 cm³/mol. The van der Waals surface area contributed by atoms with E-state index in [1.54, 1.807) is 24.6 Å². The largest absolute Gasteiger partial charge is 0.479 e. The van der Waals surface area contributed by atoms with Gasteiger partial charge in [0, 0.05) is 78.9 Å². The Kier molecular flexibility index (Phi) is 6.23. The van der Waals surface area contributed by atoms with Crippen LogP contribution in [0.3, 0.4) is 0 Å². The third-order valence-electron chi connectivity index (χ3n) is 6.13. The average Bonchev–Trinajstić information content (AvgIpc) is 3.45. The molecule has 3 aromatic rings. The van der Waals surface area contributed by atoms with Crippen molar-refractivity contribution in [3.8, 4) is 16.9 Å². The van der Waals surface area contributed by atoms with E-state index in [2.05, 4.69) is 15.6 Å². The van der Waals surface area contributed by atoms with Gasteiger partial charge in [0.1, 0.15) is 5.75 Å². The zero-order valence-corrected chi connectivity index (χ0v) is 19.9. The van der Waals surface area contributed by atoms with Gasteiger partial charge in [-0.3, -0.25) is 14.6 Å². The van der Waals surface area contributed by atoms with E-state index in [1.807, 2.05) is 29.2 Å². The fourth-order valence-electron chi connectivity index (χ4n) is 4.44. The van der Waals surface area contributed by atoms with Crippen LogP contribution >= 0.6 is 22.9 Å².